The van der Waals surface area contributed by atoms with Crippen molar-refractivity contribution in [1.29, 1.82) is 0 Å². The minimum atomic E-state index is -0.802. The molecule has 55 heavy (non-hydrogen) atoms. The largest absolute Gasteiger partial charge is 0.380 e. The second-order valence-corrected chi connectivity index (χ2v) is 17.6. The Balaban J connectivity index is 1.18. The number of ether oxygens (including phenoxy) is 1. The minimum absolute atomic E-state index is 0.0363. The Morgan fingerprint density at radius 2 is 0.873 bits per heavy atom. The van der Waals surface area contributed by atoms with Gasteiger partial charge in [-0.05, 0) is 84.7 Å². The first-order valence-corrected chi connectivity index (χ1v) is 22.0. The molecule has 0 aromatic heterocycles. The standard InChI is InChI=1S/C50H66F4O/c1-3-5-7-11-25-47(27-13-9-14-28-47)49(41-17-19-43(51)45(53)35-41)31-21-39(22-32-49)37-55-38-40-23-33-50(34-24-40,42-18-20-44(52)46(54)36-42)48(26-12-8-6-4-2)29-15-10-16-30-48/h17-24,31-36,39-40H,3-16,25-30,37-38H2,1-2H3/t39-,40-,49+,50+. The summed E-state index contributed by atoms with van der Waals surface area (Å²) in [6.45, 7) is 5.53. The van der Waals surface area contributed by atoms with Crippen LogP contribution in [0.3, 0.4) is 0 Å². The van der Waals surface area contributed by atoms with Gasteiger partial charge in [-0.2, -0.15) is 0 Å². The van der Waals surface area contributed by atoms with Gasteiger partial charge in [0.25, 0.3) is 0 Å². The molecule has 0 unspecified atom stereocenters. The predicted molar refractivity (Wildman–Crippen MR) is 219 cm³/mol. The first kappa shape index (κ1) is 41.7. The van der Waals surface area contributed by atoms with E-state index in [0.717, 1.165) is 88.2 Å². The fourth-order valence-electron chi connectivity index (χ4n) is 11.1. The lowest BCUT2D eigenvalue weighted by Crippen LogP contribution is -2.46. The molecule has 0 amide bonds. The lowest BCUT2D eigenvalue weighted by atomic mass is 9.51. The summed E-state index contributed by atoms with van der Waals surface area (Å²) in [7, 11) is 0. The van der Waals surface area contributed by atoms with E-state index in [2.05, 4.69) is 62.5 Å². The van der Waals surface area contributed by atoms with E-state index in [4.69, 9.17) is 4.74 Å². The molecule has 0 N–H and O–H groups in total. The van der Waals surface area contributed by atoms with Crippen LogP contribution in [0.1, 0.15) is 153 Å². The Kier molecular flexibility index (Phi) is 14.4. The van der Waals surface area contributed by atoms with Crippen molar-refractivity contribution in [2.24, 2.45) is 22.7 Å². The summed E-state index contributed by atoms with van der Waals surface area (Å²) in [5.74, 6) is -3.02. The van der Waals surface area contributed by atoms with Gasteiger partial charge in [0.05, 0.1) is 13.2 Å². The fourth-order valence-corrected chi connectivity index (χ4v) is 11.1. The van der Waals surface area contributed by atoms with Crippen LogP contribution in [0.15, 0.2) is 85.0 Å². The third kappa shape index (κ3) is 8.98. The quantitative estimate of drug-likeness (QED) is 0.0836. The normalized spacial score (nSPS) is 27.1. The number of allylic oxidation sites excluding steroid dienone is 4. The van der Waals surface area contributed by atoms with Gasteiger partial charge in [0.1, 0.15) is 0 Å². The minimum Gasteiger partial charge on any atom is -0.380 e. The summed E-state index contributed by atoms with van der Waals surface area (Å²) in [6, 6.07) is 9.08. The maximum atomic E-state index is 14.9. The lowest BCUT2D eigenvalue weighted by molar-refractivity contribution is 0.0920. The Morgan fingerprint density at radius 3 is 1.22 bits per heavy atom. The molecule has 300 valence electrons. The van der Waals surface area contributed by atoms with Crippen LogP contribution >= 0.6 is 0 Å². The van der Waals surface area contributed by atoms with Crippen LogP contribution in [-0.4, -0.2) is 13.2 Å². The Hall–Kier alpha value is -2.92. The van der Waals surface area contributed by atoms with E-state index >= 15 is 0 Å². The van der Waals surface area contributed by atoms with E-state index in [0.29, 0.717) is 13.2 Å². The summed E-state index contributed by atoms with van der Waals surface area (Å²) in [6.07, 6.45) is 41.3. The first-order valence-electron chi connectivity index (χ1n) is 22.0. The molecule has 0 atom stereocenters. The number of benzene rings is 2. The molecule has 1 nitrogen and oxygen atoms in total. The Labute approximate surface area is 329 Å². The fraction of sp³-hybridized carbons (Fsp3) is 0.600. The zero-order valence-corrected chi connectivity index (χ0v) is 33.7. The molecule has 0 spiro atoms. The highest BCUT2D eigenvalue weighted by atomic mass is 19.2. The average molecular weight is 759 g/mol. The van der Waals surface area contributed by atoms with E-state index in [1.807, 2.05) is 0 Å². The van der Waals surface area contributed by atoms with Gasteiger partial charge in [0.15, 0.2) is 23.3 Å². The van der Waals surface area contributed by atoms with E-state index < -0.39 is 34.1 Å². The summed E-state index contributed by atoms with van der Waals surface area (Å²) in [5, 5.41) is 0. The Bertz CT molecular complexity index is 1510. The number of halogens is 4. The second-order valence-electron chi connectivity index (χ2n) is 17.6. The van der Waals surface area contributed by atoms with Crippen molar-refractivity contribution in [3.05, 3.63) is 119 Å². The SMILES string of the molecule is CCCCCCC1([C@]2(c3ccc(F)c(F)c3)C=C[C@H](COC[C@H]3C=C[C@@](c4ccc(F)c(F)c4)(C4(CCCCCC)CCCCC4)C=C3)C=C2)CCCCC1. The predicted octanol–water partition coefficient (Wildman–Crippen LogP) is 14.8. The number of rotatable bonds is 18. The molecular formula is C50H66F4O. The van der Waals surface area contributed by atoms with E-state index in [9.17, 15) is 17.6 Å². The van der Waals surface area contributed by atoms with Crippen molar-refractivity contribution in [1.82, 2.24) is 0 Å². The second kappa shape index (κ2) is 19.0. The zero-order chi connectivity index (χ0) is 38.8. The van der Waals surface area contributed by atoms with Crippen LogP contribution < -0.4 is 0 Å². The monoisotopic (exact) mass is 759 g/mol. The van der Waals surface area contributed by atoms with Crippen LogP contribution in [0.4, 0.5) is 17.6 Å². The van der Waals surface area contributed by atoms with Crippen LogP contribution in [-0.2, 0) is 15.6 Å². The van der Waals surface area contributed by atoms with Crippen molar-refractivity contribution in [2.75, 3.05) is 13.2 Å². The molecule has 0 heterocycles. The highest BCUT2D eigenvalue weighted by Crippen LogP contribution is 2.59. The number of unbranched alkanes of at least 4 members (excludes halogenated alkanes) is 6. The van der Waals surface area contributed by atoms with Crippen molar-refractivity contribution in [3.63, 3.8) is 0 Å². The molecular weight excluding hydrogens is 693 g/mol. The van der Waals surface area contributed by atoms with Gasteiger partial charge in [0.2, 0.25) is 0 Å². The van der Waals surface area contributed by atoms with Gasteiger partial charge >= 0.3 is 0 Å². The molecule has 4 aliphatic rings. The molecule has 2 aromatic rings. The highest BCUT2D eigenvalue weighted by molar-refractivity contribution is 5.45. The maximum Gasteiger partial charge on any atom is 0.159 e. The topological polar surface area (TPSA) is 9.23 Å². The summed E-state index contributed by atoms with van der Waals surface area (Å²) >= 11 is 0. The lowest BCUT2D eigenvalue weighted by Gasteiger charge is -2.52. The third-order valence-corrected chi connectivity index (χ3v) is 14.2. The van der Waals surface area contributed by atoms with Gasteiger partial charge in [-0.15, -0.1) is 0 Å². The van der Waals surface area contributed by atoms with Crippen LogP contribution in [0, 0.1) is 45.9 Å². The smallest absolute Gasteiger partial charge is 0.159 e. The molecule has 0 saturated heterocycles. The molecule has 0 aliphatic heterocycles. The van der Waals surface area contributed by atoms with Gasteiger partial charge in [-0.25, -0.2) is 17.6 Å². The van der Waals surface area contributed by atoms with Gasteiger partial charge in [0, 0.05) is 22.7 Å². The van der Waals surface area contributed by atoms with Crippen LogP contribution in [0.5, 0.6) is 0 Å². The molecule has 2 saturated carbocycles. The molecule has 2 aromatic carbocycles. The molecule has 6 rings (SSSR count). The van der Waals surface area contributed by atoms with Crippen molar-refractivity contribution in [3.8, 4) is 0 Å². The molecule has 4 aliphatic carbocycles. The van der Waals surface area contributed by atoms with Crippen molar-refractivity contribution in [2.45, 2.75) is 153 Å². The van der Waals surface area contributed by atoms with Crippen molar-refractivity contribution < 1.29 is 22.3 Å². The van der Waals surface area contributed by atoms with E-state index in [1.54, 1.807) is 12.1 Å². The highest BCUT2D eigenvalue weighted by Gasteiger charge is 2.51. The number of hydrogen-bond donors (Lipinski definition) is 0. The molecule has 0 bridgehead atoms. The summed E-state index contributed by atoms with van der Waals surface area (Å²) < 4.78 is 64.7. The van der Waals surface area contributed by atoms with Crippen molar-refractivity contribution >= 4 is 0 Å². The van der Waals surface area contributed by atoms with E-state index in [-0.39, 0.29) is 22.7 Å². The van der Waals surface area contributed by atoms with E-state index in [1.165, 1.54) is 75.6 Å². The summed E-state index contributed by atoms with van der Waals surface area (Å²) in [4.78, 5) is 0. The van der Waals surface area contributed by atoms with Crippen LogP contribution in [0.25, 0.3) is 0 Å². The van der Waals surface area contributed by atoms with Gasteiger partial charge in [-0.3, -0.25) is 0 Å². The molecule has 5 heteroatoms. The Morgan fingerprint density at radius 1 is 0.491 bits per heavy atom. The van der Waals surface area contributed by atoms with Gasteiger partial charge < -0.3 is 4.74 Å². The first-order chi connectivity index (χ1) is 26.7. The maximum absolute atomic E-state index is 14.9. The van der Waals surface area contributed by atoms with Crippen LogP contribution in [0.2, 0.25) is 0 Å². The zero-order valence-electron chi connectivity index (χ0n) is 33.7. The van der Waals surface area contributed by atoms with Gasteiger partial charge in [-0.1, -0.05) is 164 Å². The average Bonchev–Trinajstić information content (AvgIpc) is 3.21. The molecule has 2 fully saturated rings. The third-order valence-electron chi connectivity index (χ3n) is 14.2. The summed E-state index contributed by atoms with van der Waals surface area (Å²) in [5.41, 5.74) is 0.636. The number of hydrogen-bond acceptors (Lipinski definition) is 1. The molecule has 0 radical (unpaired) electrons.